The Hall–Kier alpha value is -5.26. The summed E-state index contributed by atoms with van der Waals surface area (Å²) in [6, 6.07) is 2.91. The van der Waals surface area contributed by atoms with Crippen LogP contribution in [-0.4, -0.2) is 153 Å². The molecule has 12 atom stereocenters. The molecule has 0 unspecified atom stereocenters. The third-order valence-electron chi connectivity index (χ3n) is 11.7. The molecular formula is C41H47N3O17. The smallest absolute Gasteiger partial charge is 0.255 e. The minimum Gasteiger partial charge on any atom is -0.507 e. The van der Waals surface area contributed by atoms with Gasteiger partial charge in [-0.3, -0.25) is 19.2 Å². The van der Waals surface area contributed by atoms with Crippen LogP contribution >= 0.6 is 0 Å². The Kier molecular flexibility index (Phi) is 11.9. The summed E-state index contributed by atoms with van der Waals surface area (Å²) in [6.45, 7) is 4.05. The number of nitrogens with one attached hydrogen (secondary N) is 3. The van der Waals surface area contributed by atoms with Gasteiger partial charge in [0.15, 0.2) is 24.1 Å². The number of aryl methyl sites for hydroxylation is 1. The molecule has 3 aromatic carbocycles. The van der Waals surface area contributed by atoms with E-state index in [-0.39, 0.29) is 44.7 Å². The summed E-state index contributed by atoms with van der Waals surface area (Å²) in [4.78, 5) is 54.3. The highest BCUT2D eigenvalue weighted by Gasteiger charge is 2.51. The minimum atomic E-state index is -1.87. The van der Waals surface area contributed by atoms with E-state index in [4.69, 9.17) is 23.7 Å². The molecule has 3 aromatic rings. The fourth-order valence-electron chi connectivity index (χ4n) is 8.52. The van der Waals surface area contributed by atoms with Crippen LogP contribution in [0.2, 0.25) is 0 Å². The molecule has 0 aromatic heterocycles. The highest BCUT2D eigenvalue weighted by atomic mass is 16.7. The number of phenolic OH excluding ortho intramolecular Hbond substituents is 3. The topological polar surface area (TPSA) is 312 Å². The van der Waals surface area contributed by atoms with Crippen LogP contribution in [0, 0.1) is 6.92 Å². The zero-order chi connectivity index (χ0) is 44.5. The number of carbonyl (C=O) groups is 4. The number of carbonyl (C=O) groups excluding carboxylic acids is 4. The van der Waals surface area contributed by atoms with Crippen molar-refractivity contribution in [3.63, 3.8) is 0 Å². The largest absolute Gasteiger partial charge is 0.507 e. The van der Waals surface area contributed by atoms with Crippen molar-refractivity contribution in [1.82, 2.24) is 16.0 Å². The first-order valence-corrected chi connectivity index (χ1v) is 19.3. The van der Waals surface area contributed by atoms with Gasteiger partial charge in [-0.05, 0) is 56.6 Å². The van der Waals surface area contributed by atoms with E-state index >= 15 is 0 Å². The average Bonchev–Trinajstić information content (AvgIpc) is 3.22. The lowest BCUT2D eigenvalue weighted by Gasteiger charge is -2.47. The molecule has 20 nitrogen and oxygen atoms in total. The van der Waals surface area contributed by atoms with Gasteiger partial charge in [0.1, 0.15) is 71.8 Å². The zero-order valence-corrected chi connectivity index (χ0v) is 33.7. The summed E-state index contributed by atoms with van der Waals surface area (Å²) in [5.74, 6) is -5.49. The second-order valence-electron chi connectivity index (χ2n) is 15.4. The van der Waals surface area contributed by atoms with Gasteiger partial charge in [0.25, 0.3) is 5.91 Å². The number of phenols is 3. The first kappa shape index (κ1) is 43.8. The van der Waals surface area contributed by atoms with Crippen molar-refractivity contribution in [3.05, 3.63) is 68.8 Å². The maximum Gasteiger partial charge on any atom is 0.255 e. The number of hydrogen-bond acceptors (Lipinski definition) is 18. The fourth-order valence-corrected chi connectivity index (χ4v) is 8.52. The Bertz CT molecular complexity index is 2300. The number of hydrogen-bond donors (Lipinski definition) is 11. The fraction of sp³-hybridized carbons (Fsp3) is 0.463. The quantitative estimate of drug-likeness (QED) is 0.0967. The van der Waals surface area contributed by atoms with Gasteiger partial charge in [-0.25, -0.2) is 0 Å². The molecule has 0 spiro atoms. The van der Waals surface area contributed by atoms with E-state index in [2.05, 4.69) is 16.0 Å². The van der Waals surface area contributed by atoms with Crippen molar-refractivity contribution >= 4 is 23.4 Å². The molecule has 2 aliphatic heterocycles. The summed E-state index contributed by atoms with van der Waals surface area (Å²) in [5.41, 5.74) is -2.95. The van der Waals surface area contributed by atoms with Crippen molar-refractivity contribution in [3.8, 4) is 34.1 Å². The molecule has 0 radical (unpaired) electrons. The summed E-state index contributed by atoms with van der Waals surface area (Å²) in [5, 5.41) is 97.8. The van der Waals surface area contributed by atoms with E-state index in [1.807, 2.05) is 0 Å². The third-order valence-corrected chi connectivity index (χ3v) is 11.7. The van der Waals surface area contributed by atoms with Gasteiger partial charge in [-0.2, -0.15) is 0 Å². The molecular weight excluding hydrogens is 806 g/mol. The molecule has 2 saturated heterocycles. The molecule has 328 valence electrons. The van der Waals surface area contributed by atoms with E-state index in [1.54, 1.807) is 14.0 Å². The highest BCUT2D eigenvalue weighted by molar-refractivity contribution is 6.31. The molecule has 7 rings (SSSR count). The van der Waals surface area contributed by atoms with Crippen LogP contribution < -0.4 is 20.7 Å². The van der Waals surface area contributed by atoms with Gasteiger partial charge in [-0.15, -0.1) is 0 Å². The number of aromatic hydroxyl groups is 3. The van der Waals surface area contributed by atoms with Gasteiger partial charge in [0, 0.05) is 35.4 Å². The Morgan fingerprint density at radius 1 is 0.820 bits per heavy atom. The molecule has 20 heteroatoms. The molecule has 2 amide bonds. The average molecular weight is 854 g/mol. The van der Waals surface area contributed by atoms with Gasteiger partial charge < -0.3 is 80.5 Å². The van der Waals surface area contributed by atoms with E-state index in [0.717, 1.165) is 12.1 Å². The van der Waals surface area contributed by atoms with Crippen LogP contribution in [0.15, 0.2) is 24.3 Å². The number of amides is 2. The number of methoxy groups -OCH3 is 1. The van der Waals surface area contributed by atoms with Crippen LogP contribution in [0.5, 0.6) is 23.0 Å². The van der Waals surface area contributed by atoms with Crippen molar-refractivity contribution in [1.29, 1.82) is 0 Å². The van der Waals surface area contributed by atoms with Crippen molar-refractivity contribution in [2.75, 3.05) is 27.8 Å². The van der Waals surface area contributed by atoms with Gasteiger partial charge in [0.05, 0.1) is 42.6 Å². The second kappa shape index (κ2) is 16.5. The Labute approximate surface area is 347 Å². The SMILES string of the molecule is CNC(=O)[C@@H](C)NC(=O)c1c(C)cc2c(c1O)-c1c(cc3c(c1O)C(=O)c1cc(OC)cc(O)c1C3=O)[C@H](O)[C@H]2O[C@@H]1O[C@H](C)[C@H](NC)[C@H](O[C@@H]2OC[C@@H](O)[C@H](O)[C@H]2O)[C@H]1O. The maximum atomic E-state index is 14.1. The summed E-state index contributed by atoms with van der Waals surface area (Å²) in [7, 11) is 4.19. The Morgan fingerprint density at radius 2 is 1.48 bits per heavy atom. The summed E-state index contributed by atoms with van der Waals surface area (Å²) < 4.78 is 29.1. The number of fused-ring (bicyclic) bond motifs is 5. The van der Waals surface area contributed by atoms with Crippen LogP contribution in [-0.2, 0) is 23.7 Å². The predicted molar refractivity (Wildman–Crippen MR) is 207 cm³/mol. The van der Waals surface area contributed by atoms with Crippen molar-refractivity contribution in [2.45, 2.75) is 94.3 Å². The lowest BCUT2D eigenvalue weighted by molar-refractivity contribution is -0.339. The third kappa shape index (κ3) is 7.17. The van der Waals surface area contributed by atoms with Crippen LogP contribution in [0.4, 0.5) is 0 Å². The molecule has 0 saturated carbocycles. The standard InChI is InChI=1S/C41H47N3O17/c1-12-7-19-25(32(51)22(12)39(56)44-13(2)38(55)43-5)24-17(10-18-26(33(24)52)29(48)16-8-15(57-6)9-20(45)23(16)28(18)47)30(49)36(19)60-41-35(54)37(27(42-4)14(3)59-41)61-40-34(53)31(50)21(46)11-58-40/h7-10,13-14,21,27,30-31,34-37,40-42,45-46,49-54H,11H2,1-6H3,(H,43,55)(H,44,56)/t13-,14-,21-,27+,30+,31+,34-,35-,36+,37+,40+,41+/m1/s1. The number of rotatable bonds is 9. The number of aliphatic hydroxyl groups is 5. The highest BCUT2D eigenvalue weighted by Crippen LogP contribution is 2.57. The Morgan fingerprint density at radius 3 is 2.13 bits per heavy atom. The van der Waals surface area contributed by atoms with E-state index < -0.39 is 137 Å². The summed E-state index contributed by atoms with van der Waals surface area (Å²) >= 11 is 0. The lowest BCUT2D eigenvalue weighted by atomic mass is 9.74. The van der Waals surface area contributed by atoms with E-state index in [9.17, 15) is 60.0 Å². The number of benzene rings is 3. The van der Waals surface area contributed by atoms with Gasteiger partial charge in [0.2, 0.25) is 5.91 Å². The number of likely N-dealkylation sites (N-methyl/N-ethyl adjacent to an activating group) is 2. The number of aliphatic hydroxyl groups excluding tert-OH is 5. The normalized spacial score (nSPS) is 29.7. The van der Waals surface area contributed by atoms with E-state index in [0.29, 0.717) is 0 Å². The van der Waals surface area contributed by atoms with Gasteiger partial charge >= 0.3 is 0 Å². The van der Waals surface area contributed by atoms with E-state index in [1.165, 1.54) is 40.1 Å². The molecule has 2 heterocycles. The second-order valence-corrected chi connectivity index (χ2v) is 15.4. The molecule has 11 N–H and O–H groups in total. The van der Waals surface area contributed by atoms with Gasteiger partial charge in [-0.1, -0.05) is 6.07 Å². The van der Waals surface area contributed by atoms with Crippen LogP contribution in [0.25, 0.3) is 11.1 Å². The van der Waals surface area contributed by atoms with Crippen molar-refractivity contribution in [2.24, 2.45) is 0 Å². The maximum absolute atomic E-state index is 14.1. The lowest BCUT2D eigenvalue weighted by Crippen LogP contribution is -2.65. The zero-order valence-electron chi connectivity index (χ0n) is 33.7. The number of ketones is 2. The predicted octanol–water partition coefficient (Wildman–Crippen LogP) is -0.950. The monoisotopic (exact) mass is 853 g/mol. The summed E-state index contributed by atoms with van der Waals surface area (Å²) in [6.07, 6.45) is -15.4. The molecule has 2 fully saturated rings. The first-order valence-electron chi connectivity index (χ1n) is 19.3. The minimum absolute atomic E-state index is 0.0303. The van der Waals surface area contributed by atoms with Crippen LogP contribution in [0.3, 0.4) is 0 Å². The first-order chi connectivity index (χ1) is 28.9. The van der Waals surface area contributed by atoms with Crippen LogP contribution in [0.1, 0.15) is 84.9 Å². The number of ether oxygens (including phenoxy) is 5. The molecule has 0 bridgehead atoms. The molecule has 4 aliphatic rings. The molecule has 61 heavy (non-hydrogen) atoms. The molecule has 2 aliphatic carbocycles. The Balaban J connectivity index is 1.37. The van der Waals surface area contributed by atoms with Crippen molar-refractivity contribution < 1.29 is 83.7 Å².